The molecule has 1 spiro atoms. The Kier molecular flexibility index (Phi) is 4.33. The summed E-state index contributed by atoms with van der Waals surface area (Å²) in [5.74, 6) is 3.91. The fraction of sp³-hybridized carbons (Fsp3) is 0.880. The number of amides is 1. The van der Waals surface area contributed by atoms with Crippen LogP contribution in [0.25, 0.3) is 0 Å². The average molecular weight is 385 g/mol. The Bertz CT molecular complexity index is 701. The Hall–Kier alpha value is -0.830. The Morgan fingerprint density at radius 2 is 1.89 bits per heavy atom. The van der Waals surface area contributed by atoms with Gasteiger partial charge in [-0.15, -0.1) is 0 Å². The quantitative estimate of drug-likeness (QED) is 0.610. The monoisotopic (exact) mass is 384 g/mol. The average Bonchev–Trinajstić information content (AvgIpc) is 3.14. The number of fused-ring (bicyclic) bond motifs is 4. The molecule has 0 aromatic rings. The number of rotatable bonds is 1. The lowest BCUT2D eigenvalue weighted by atomic mass is 9.47. The maximum atomic E-state index is 11.9. The standard InChI is InChI=1S/C25H40N2O/c1-16-21-8-9-23-20-7-6-18-14-19(27(5)17(2)28)10-12-24(18,3)22(20)11-13-25(21,23)15-26(16)4/h6,16,19-23H,7-15H2,1-5H3/t16-,19-,20+,21+,22?,23-,24-,25-/m0/s1. The molecule has 3 heteroatoms. The highest BCUT2D eigenvalue weighted by Gasteiger charge is 2.63. The van der Waals surface area contributed by atoms with Gasteiger partial charge < -0.3 is 9.80 Å². The van der Waals surface area contributed by atoms with Crippen LogP contribution in [0.2, 0.25) is 0 Å². The summed E-state index contributed by atoms with van der Waals surface area (Å²) in [6.07, 6.45) is 13.4. The molecular weight excluding hydrogens is 344 g/mol. The molecule has 0 aromatic carbocycles. The highest BCUT2D eigenvalue weighted by Crippen LogP contribution is 2.68. The first kappa shape index (κ1) is 19.2. The first-order valence-corrected chi connectivity index (χ1v) is 11.9. The van der Waals surface area contributed by atoms with Crippen LogP contribution in [0.15, 0.2) is 11.6 Å². The molecule has 4 fully saturated rings. The largest absolute Gasteiger partial charge is 0.343 e. The molecule has 1 amide bonds. The minimum absolute atomic E-state index is 0.221. The normalized spacial score (nSPS) is 50.2. The Morgan fingerprint density at radius 3 is 2.64 bits per heavy atom. The van der Waals surface area contributed by atoms with E-state index in [9.17, 15) is 4.79 Å². The van der Waals surface area contributed by atoms with E-state index in [0.29, 0.717) is 16.9 Å². The molecule has 1 saturated heterocycles. The summed E-state index contributed by atoms with van der Waals surface area (Å²) in [4.78, 5) is 16.6. The topological polar surface area (TPSA) is 23.6 Å². The van der Waals surface area contributed by atoms with E-state index in [4.69, 9.17) is 0 Å². The molecule has 8 atom stereocenters. The van der Waals surface area contributed by atoms with Crippen molar-refractivity contribution < 1.29 is 4.79 Å². The molecule has 4 aliphatic carbocycles. The smallest absolute Gasteiger partial charge is 0.219 e. The lowest BCUT2D eigenvalue weighted by Crippen LogP contribution is -2.52. The number of hydrogen-bond donors (Lipinski definition) is 0. The number of carbonyl (C=O) groups excluding carboxylic acids is 1. The molecular formula is C25H40N2O. The van der Waals surface area contributed by atoms with Gasteiger partial charge in [0.15, 0.2) is 0 Å². The highest BCUT2D eigenvalue weighted by atomic mass is 16.2. The molecule has 3 saturated carbocycles. The molecule has 0 bridgehead atoms. The third-order valence-electron chi connectivity index (χ3n) is 10.7. The van der Waals surface area contributed by atoms with Gasteiger partial charge in [-0.1, -0.05) is 18.6 Å². The van der Waals surface area contributed by atoms with Crippen molar-refractivity contribution in [1.82, 2.24) is 9.80 Å². The molecule has 5 aliphatic rings. The minimum Gasteiger partial charge on any atom is -0.343 e. The van der Waals surface area contributed by atoms with E-state index in [2.05, 4.69) is 31.9 Å². The molecule has 0 radical (unpaired) electrons. The number of carbonyl (C=O) groups is 1. The predicted octanol–water partition coefficient (Wildman–Crippen LogP) is 4.73. The van der Waals surface area contributed by atoms with Crippen molar-refractivity contribution in [2.45, 2.75) is 84.2 Å². The third-order valence-corrected chi connectivity index (χ3v) is 10.7. The summed E-state index contributed by atoms with van der Waals surface area (Å²) in [7, 11) is 4.37. The molecule has 5 rings (SSSR count). The number of likely N-dealkylation sites (tertiary alicyclic amines) is 1. The summed E-state index contributed by atoms with van der Waals surface area (Å²) in [5, 5.41) is 0. The first-order valence-electron chi connectivity index (χ1n) is 11.9. The molecule has 0 N–H and O–H groups in total. The van der Waals surface area contributed by atoms with Crippen molar-refractivity contribution in [3.05, 3.63) is 11.6 Å². The van der Waals surface area contributed by atoms with E-state index in [1.165, 1.54) is 51.5 Å². The maximum absolute atomic E-state index is 11.9. The fourth-order valence-electron chi connectivity index (χ4n) is 9.03. The Morgan fingerprint density at radius 1 is 1.14 bits per heavy atom. The van der Waals surface area contributed by atoms with Crippen molar-refractivity contribution in [1.29, 1.82) is 0 Å². The third kappa shape index (κ3) is 2.41. The SMILES string of the molecule is CC(=O)N(C)[C@H]1CC[C@@]2(C)C(=CC[C@@H]3C2CC[C@]24CN(C)[C@@H](C)[C@H]2CC[C@@H]34)C1. The van der Waals surface area contributed by atoms with Gasteiger partial charge in [-0.25, -0.2) is 0 Å². The summed E-state index contributed by atoms with van der Waals surface area (Å²) >= 11 is 0. The van der Waals surface area contributed by atoms with Gasteiger partial charge in [0.1, 0.15) is 0 Å². The molecule has 156 valence electrons. The minimum atomic E-state index is 0.221. The lowest BCUT2D eigenvalue weighted by molar-refractivity contribution is -0.130. The number of nitrogens with zero attached hydrogens (tertiary/aromatic N) is 2. The van der Waals surface area contributed by atoms with Gasteiger partial charge in [-0.3, -0.25) is 4.79 Å². The van der Waals surface area contributed by atoms with Gasteiger partial charge in [0, 0.05) is 32.6 Å². The van der Waals surface area contributed by atoms with Crippen molar-refractivity contribution in [3.63, 3.8) is 0 Å². The Balaban J connectivity index is 1.42. The lowest BCUT2D eigenvalue weighted by Gasteiger charge is -2.58. The van der Waals surface area contributed by atoms with Crippen LogP contribution < -0.4 is 0 Å². The van der Waals surface area contributed by atoms with Crippen LogP contribution in [0, 0.1) is 34.5 Å². The van der Waals surface area contributed by atoms with Crippen molar-refractivity contribution >= 4 is 5.91 Å². The summed E-state index contributed by atoms with van der Waals surface area (Å²) in [5.41, 5.74) is 2.72. The van der Waals surface area contributed by atoms with Crippen LogP contribution >= 0.6 is 0 Å². The van der Waals surface area contributed by atoms with Crippen molar-refractivity contribution in [2.24, 2.45) is 34.5 Å². The van der Waals surface area contributed by atoms with E-state index in [1.54, 1.807) is 12.5 Å². The van der Waals surface area contributed by atoms with E-state index in [1.807, 2.05) is 11.9 Å². The zero-order valence-electron chi connectivity index (χ0n) is 18.7. The van der Waals surface area contributed by atoms with Crippen LogP contribution in [0.4, 0.5) is 0 Å². The van der Waals surface area contributed by atoms with Crippen LogP contribution in [0.5, 0.6) is 0 Å². The zero-order chi connectivity index (χ0) is 19.8. The van der Waals surface area contributed by atoms with Gasteiger partial charge in [-0.05, 0) is 99.8 Å². The maximum Gasteiger partial charge on any atom is 0.219 e. The van der Waals surface area contributed by atoms with Crippen molar-refractivity contribution in [2.75, 3.05) is 20.6 Å². The van der Waals surface area contributed by atoms with Gasteiger partial charge in [-0.2, -0.15) is 0 Å². The van der Waals surface area contributed by atoms with Crippen LogP contribution in [-0.2, 0) is 4.79 Å². The van der Waals surface area contributed by atoms with Gasteiger partial charge >= 0.3 is 0 Å². The second-order valence-corrected chi connectivity index (χ2v) is 11.4. The van der Waals surface area contributed by atoms with Crippen LogP contribution in [-0.4, -0.2) is 48.4 Å². The second-order valence-electron chi connectivity index (χ2n) is 11.4. The number of hydrogen-bond acceptors (Lipinski definition) is 2. The molecule has 0 aromatic heterocycles. The zero-order valence-corrected chi connectivity index (χ0v) is 18.7. The first-order chi connectivity index (χ1) is 13.3. The van der Waals surface area contributed by atoms with E-state index in [-0.39, 0.29) is 5.91 Å². The summed E-state index contributed by atoms with van der Waals surface area (Å²) in [6.45, 7) is 8.15. The molecule has 28 heavy (non-hydrogen) atoms. The molecule has 1 heterocycles. The summed E-state index contributed by atoms with van der Waals surface area (Å²) in [6, 6.07) is 1.20. The van der Waals surface area contributed by atoms with E-state index >= 15 is 0 Å². The molecule has 3 nitrogen and oxygen atoms in total. The van der Waals surface area contributed by atoms with Crippen molar-refractivity contribution in [3.8, 4) is 0 Å². The molecule has 1 aliphatic heterocycles. The number of allylic oxidation sites excluding steroid dienone is 1. The van der Waals surface area contributed by atoms with Crippen LogP contribution in [0.1, 0.15) is 72.1 Å². The van der Waals surface area contributed by atoms with Gasteiger partial charge in [0.2, 0.25) is 5.91 Å². The van der Waals surface area contributed by atoms with E-state index < -0.39 is 0 Å². The second kappa shape index (κ2) is 6.33. The van der Waals surface area contributed by atoms with Gasteiger partial charge in [0.05, 0.1) is 0 Å². The molecule has 1 unspecified atom stereocenters. The predicted molar refractivity (Wildman–Crippen MR) is 114 cm³/mol. The van der Waals surface area contributed by atoms with Crippen LogP contribution in [0.3, 0.4) is 0 Å². The Labute approximate surface area is 171 Å². The highest BCUT2D eigenvalue weighted by molar-refractivity contribution is 5.73. The van der Waals surface area contributed by atoms with E-state index in [0.717, 1.165) is 36.1 Å². The summed E-state index contributed by atoms with van der Waals surface area (Å²) < 4.78 is 0. The van der Waals surface area contributed by atoms with Gasteiger partial charge in [0.25, 0.3) is 0 Å². The fourth-order valence-corrected chi connectivity index (χ4v) is 9.03.